The fourth-order valence-electron chi connectivity index (χ4n) is 2.88. The van der Waals surface area contributed by atoms with E-state index in [4.69, 9.17) is 5.11 Å². The molecule has 2 unspecified atom stereocenters. The van der Waals surface area contributed by atoms with Crippen molar-refractivity contribution < 1.29 is 14.3 Å². The lowest BCUT2D eigenvalue weighted by Gasteiger charge is -2.23. The molecule has 0 aliphatic carbocycles. The summed E-state index contributed by atoms with van der Waals surface area (Å²) >= 11 is 0. The Labute approximate surface area is 142 Å². The lowest BCUT2D eigenvalue weighted by Crippen LogP contribution is -2.39. The van der Waals surface area contributed by atoms with Gasteiger partial charge in [0.15, 0.2) is 0 Å². The van der Waals surface area contributed by atoms with E-state index in [0.717, 1.165) is 18.4 Å². The number of halogens is 1. The summed E-state index contributed by atoms with van der Waals surface area (Å²) in [6.07, 6.45) is 2.30. The molecule has 2 atom stereocenters. The predicted octanol–water partition coefficient (Wildman–Crippen LogP) is 3.82. The Balaban J connectivity index is 1.95. The minimum atomic E-state index is -0.777. The van der Waals surface area contributed by atoms with E-state index in [1.54, 1.807) is 12.1 Å². The summed E-state index contributed by atoms with van der Waals surface area (Å²) < 4.78 is 13.0. The highest BCUT2D eigenvalue weighted by Gasteiger charge is 2.15. The fourth-order valence-corrected chi connectivity index (χ4v) is 2.88. The highest BCUT2D eigenvalue weighted by molar-refractivity contribution is 5.66. The molecule has 2 aromatic carbocycles. The molecule has 24 heavy (non-hydrogen) atoms. The Kier molecular flexibility index (Phi) is 6.94. The summed E-state index contributed by atoms with van der Waals surface area (Å²) in [6.45, 7) is 2.07. The first-order valence-electron chi connectivity index (χ1n) is 8.29. The molecule has 2 aromatic rings. The van der Waals surface area contributed by atoms with Crippen LogP contribution in [-0.4, -0.2) is 23.2 Å². The molecule has 0 saturated carbocycles. The first-order chi connectivity index (χ1) is 11.5. The van der Waals surface area contributed by atoms with E-state index in [9.17, 15) is 9.18 Å². The van der Waals surface area contributed by atoms with Crippen LogP contribution in [0.15, 0.2) is 54.6 Å². The molecule has 0 radical (unpaired) electrons. The number of hydrogen-bond donors (Lipinski definition) is 2. The van der Waals surface area contributed by atoms with E-state index in [1.165, 1.54) is 17.7 Å². The van der Waals surface area contributed by atoms with Gasteiger partial charge in [-0.05, 0) is 49.4 Å². The zero-order valence-corrected chi connectivity index (χ0v) is 13.9. The minimum Gasteiger partial charge on any atom is -0.481 e. The molecule has 0 bridgehead atoms. The summed E-state index contributed by atoms with van der Waals surface area (Å²) in [5, 5.41) is 12.5. The van der Waals surface area contributed by atoms with Crippen molar-refractivity contribution in [2.75, 3.05) is 0 Å². The second-order valence-corrected chi connectivity index (χ2v) is 6.22. The standard InChI is InChI=1S/C20H24FNO2/c1-15(13-17-7-9-18(21)10-8-17)22-19(11-12-20(23)24)14-16-5-3-2-4-6-16/h2-10,15,19,22H,11-14H2,1H3,(H,23,24). The smallest absolute Gasteiger partial charge is 0.303 e. The van der Waals surface area contributed by atoms with Gasteiger partial charge in [-0.1, -0.05) is 42.5 Å². The Hall–Kier alpha value is -2.20. The van der Waals surface area contributed by atoms with Gasteiger partial charge >= 0.3 is 5.97 Å². The molecule has 0 saturated heterocycles. The van der Waals surface area contributed by atoms with Crippen molar-refractivity contribution in [2.45, 2.75) is 44.7 Å². The van der Waals surface area contributed by atoms with E-state index in [1.807, 2.05) is 18.2 Å². The lowest BCUT2D eigenvalue weighted by atomic mass is 9.99. The van der Waals surface area contributed by atoms with Crippen molar-refractivity contribution in [1.29, 1.82) is 0 Å². The van der Waals surface area contributed by atoms with Crippen molar-refractivity contribution in [3.8, 4) is 0 Å². The number of benzene rings is 2. The van der Waals surface area contributed by atoms with E-state index in [2.05, 4.69) is 24.4 Å². The monoisotopic (exact) mass is 329 g/mol. The van der Waals surface area contributed by atoms with Gasteiger partial charge in [0, 0.05) is 18.5 Å². The average molecular weight is 329 g/mol. The topological polar surface area (TPSA) is 49.3 Å². The fraction of sp³-hybridized carbons (Fsp3) is 0.350. The number of nitrogens with one attached hydrogen (secondary N) is 1. The first-order valence-corrected chi connectivity index (χ1v) is 8.29. The van der Waals surface area contributed by atoms with Gasteiger partial charge < -0.3 is 10.4 Å². The van der Waals surface area contributed by atoms with E-state index < -0.39 is 5.97 Å². The second kappa shape index (κ2) is 9.18. The molecule has 2 rings (SSSR count). The Morgan fingerprint density at radius 1 is 1.04 bits per heavy atom. The lowest BCUT2D eigenvalue weighted by molar-refractivity contribution is -0.137. The molecular weight excluding hydrogens is 305 g/mol. The van der Waals surface area contributed by atoms with Crippen LogP contribution in [0.5, 0.6) is 0 Å². The van der Waals surface area contributed by atoms with Gasteiger partial charge in [-0.15, -0.1) is 0 Å². The number of aliphatic carboxylic acids is 1. The van der Waals surface area contributed by atoms with Crippen LogP contribution in [0, 0.1) is 5.82 Å². The maximum Gasteiger partial charge on any atom is 0.303 e. The van der Waals surface area contributed by atoms with Gasteiger partial charge in [-0.3, -0.25) is 4.79 Å². The molecule has 4 heteroatoms. The van der Waals surface area contributed by atoms with Gasteiger partial charge in [-0.2, -0.15) is 0 Å². The molecule has 0 aromatic heterocycles. The highest BCUT2D eigenvalue weighted by Crippen LogP contribution is 2.11. The minimum absolute atomic E-state index is 0.0962. The normalized spacial score (nSPS) is 13.4. The van der Waals surface area contributed by atoms with Crippen molar-refractivity contribution in [1.82, 2.24) is 5.32 Å². The third-order valence-corrected chi connectivity index (χ3v) is 4.01. The summed E-state index contributed by atoms with van der Waals surface area (Å²) in [4.78, 5) is 10.9. The third kappa shape index (κ3) is 6.50. The van der Waals surface area contributed by atoms with Crippen LogP contribution in [0.2, 0.25) is 0 Å². The summed E-state index contributed by atoms with van der Waals surface area (Å²) in [5.41, 5.74) is 2.25. The van der Waals surface area contributed by atoms with Crippen molar-refractivity contribution in [3.63, 3.8) is 0 Å². The Morgan fingerprint density at radius 2 is 1.67 bits per heavy atom. The molecule has 3 nitrogen and oxygen atoms in total. The Bertz CT molecular complexity index is 628. The van der Waals surface area contributed by atoms with Crippen LogP contribution in [0.25, 0.3) is 0 Å². The molecule has 0 spiro atoms. The summed E-state index contributed by atoms with van der Waals surface area (Å²) in [5.74, 6) is -1.01. The van der Waals surface area contributed by atoms with Crippen LogP contribution < -0.4 is 5.32 Å². The molecule has 0 aliphatic heterocycles. The highest BCUT2D eigenvalue weighted by atomic mass is 19.1. The maximum atomic E-state index is 13.0. The van der Waals surface area contributed by atoms with Crippen molar-refractivity contribution >= 4 is 5.97 Å². The zero-order chi connectivity index (χ0) is 17.4. The summed E-state index contributed by atoms with van der Waals surface area (Å²) in [6, 6.07) is 16.9. The quantitative estimate of drug-likeness (QED) is 0.735. The van der Waals surface area contributed by atoms with Crippen LogP contribution >= 0.6 is 0 Å². The molecule has 128 valence electrons. The second-order valence-electron chi connectivity index (χ2n) is 6.22. The number of carbonyl (C=O) groups is 1. The van der Waals surface area contributed by atoms with Crippen LogP contribution in [0.1, 0.15) is 30.9 Å². The SMILES string of the molecule is CC(Cc1ccc(F)cc1)NC(CCC(=O)O)Cc1ccccc1. The molecule has 2 N–H and O–H groups in total. The van der Waals surface area contributed by atoms with Crippen LogP contribution in [0.4, 0.5) is 4.39 Å². The largest absolute Gasteiger partial charge is 0.481 e. The van der Waals surface area contributed by atoms with Crippen LogP contribution in [0.3, 0.4) is 0 Å². The molecule has 0 amide bonds. The van der Waals surface area contributed by atoms with Gasteiger partial charge in [0.1, 0.15) is 5.82 Å². The number of carboxylic acid groups (broad SMARTS) is 1. The third-order valence-electron chi connectivity index (χ3n) is 4.01. The first kappa shape index (κ1) is 18.1. The Morgan fingerprint density at radius 3 is 2.29 bits per heavy atom. The van der Waals surface area contributed by atoms with E-state index >= 15 is 0 Å². The van der Waals surface area contributed by atoms with Crippen LogP contribution in [-0.2, 0) is 17.6 Å². The number of hydrogen-bond acceptors (Lipinski definition) is 2. The maximum absolute atomic E-state index is 13.0. The van der Waals surface area contributed by atoms with Gasteiger partial charge in [0.2, 0.25) is 0 Å². The zero-order valence-electron chi connectivity index (χ0n) is 13.9. The molecule has 0 fully saturated rings. The predicted molar refractivity (Wildman–Crippen MR) is 93.5 cm³/mol. The molecular formula is C20H24FNO2. The van der Waals surface area contributed by atoms with Gasteiger partial charge in [0.05, 0.1) is 0 Å². The van der Waals surface area contributed by atoms with E-state index in [-0.39, 0.29) is 24.3 Å². The number of carboxylic acids is 1. The number of rotatable bonds is 9. The van der Waals surface area contributed by atoms with E-state index in [0.29, 0.717) is 6.42 Å². The molecule has 0 heterocycles. The van der Waals surface area contributed by atoms with Crippen molar-refractivity contribution in [2.24, 2.45) is 0 Å². The summed E-state index contributed by atoms with van der Waals surface area (Å²) in [7, 11) is 0. The average Bonchev–Trinajstić information content (AvgIpc) is 2.55. The van der Waals surface area contributed by atoms with Crippen molar-refractivity contribution in [3.05, 3.63) is 71.5 Å². The van der Waals surface area contributed by atoms with Gasteiger partial charge in [-0.25, -0.2) is 4.39 Å². The van der Waals surface area contributed by atoms with Gasteiger partial charge in [0.25, 0.3) is 0 Å². The molecule has 0 aliphatic rings.